The van der Waals surface area contributed by atoms with Gasteiger partial charge in [-0.2, -0.15) is 0 Å². The fraction of sp³-hybridized carbons (Fsp3) is 0.412. The van der Waals surface area contributed by atoms with Crippen molar-refractivity contribution in [1.82, 2.24) is 9.97 Å². The van der Waals surface area contributed by atoms with E-state index in [2.05, 4.69) is 9.97 Å². The van der Waals surface area contributed by atoms with Crippen LogP contribution in [0.2, 0.25) is 0 Å². The molecular weight excluding hydrogens is 291 g/mol. The molecule has 1 aliphatic rings. The molecule has 6 heteroatoms. The van der Waals surface area contributed by atoms with Crippen molar-refractivity contribution in [2.24, 2.45) is 0 Å². The van der Waals surface area contributed by atoms with Gasteiger partial charge in [0.15, 0.2) is 5.82 Å². The van der Waals surface area contributed by atoms with Gasteiger partial charge in [0.25, 0.3) is 0 Å². The Morgan fingerprint density at radius 1 is 1.00 bits per heavy atom. The highest BCUT2D eigenvalue weighted by molar-refractivity contribution is 6.62. The van der Waals surface area contributed by atoms with Gasteiger partial charge in [-0.15, -0.1) is 0 Å². The number of nitrogens with zero attached hydrogens (tertiary/aromatic N) is 2. The molecule has 5 nitrogen and oxygen atoms in total. The van der Waals surface area contributed by atoms with E-state index in [-0.39, 0.29) is 11.2 Å². The maximum absolute atomic E-state index is 6.11. The molecule has 1 aromatic carbocycles. The fourth-order valence-corrected chi connectivity index (χ4v) is 2.46. The lowest BCUT2D eigenvalue weighted by atomic mass is 9.78. The summed E-state index contributed by atoms with van der Waals surface area (Å²) < 4.78 is 17.7. The lowest BCUT2D eigenvalue weighted by molar-refractivity contribution is 0.00578. The van der Waals surface area contributed by atoms with E-state index in [1.807, 2.05) is 45.9 Å². The molecule has 0 saturated carbocycles. The Labute approximate surface area is 137 Å². The van der Waals surface area contributed by atoms with Crippen LogP contribution in [0.5, 0.6) is 5.75 Å². The third kappa shape index (κ3) is 2.84. The summed E-state index contributed by atoms with van der Waals surface area (Å²) in [5.41, 5.74) is 0.995. The molecule has 0 amide bonds. The molecule has 3 rings (SSSR count). The minimum atomic E-state index is -0.423. The van der Waals surface area contributed by atoms with Crippen molar-refractivity contribution in [3.63, 3.8) is 0 Å². The zero-order valence-electron chi connectivity index (χ0n) is 14.2. The summed E-state index contributed by atoms with van der Waals surface area (Å²) in [6.45, 7) is 8.16. The first-order valence-electron chi connectivity index (χ1n) is 7.65. The number of methoxy groups -OCH3 is 1. The molecule has 0 spiro atoms. The predicted octanol–water partition coefficient (Wildman–Crippen LogP) is 2.45. The third-order valence-electron chi connectivity index (χ3n) is 4.56. The van der Waals surface area contributed by atoms with Gasteiger partial charge in [-0.3, -0.25) is 0 Å². The molecule has 2 heterocycles. The lowest BCUT2D eigenvalue weighted by Gasteiger charge is -2.32. The van der Waals surface area contributed by atoms with Crippen molar-refractivity contribution in [2.75, 3.05) is 7.11 Å². The number of benzene rings is 1. The van der Waals surface area contributed by atoms with E-state index >= 15 is 0 Å². The van der Waals surface area contributed by atoms with Crippen LogP contribution in [0.25, 0.3) is 11.4 Å². The Balaban J connectivity index is 2.00. The SMILES string of the molecule is COc1ccc(B2OC(C)(C)C(C)(C)O2)cc1-c1ncccn1. The minimum Gasteiger partial charge on any atom is -0.496 e. The first kappa shape index (κ1) is 16.0. The first-order valence-corrected chi connectivity index (χ1v) is 7.65. The molecule has 1 aromatic heterocycles. The van der Waals surface area contributed by atoms with Gasteiger partial charge in [0, 0.05) is 12.4 Å². The largest absolute Gasteiger partial charge is 0.496 e. The van der Waals surface area contributed by atoms with Gasteiger partial charge in [-0.05, 0) is 51.4 Å². The number of ether oxygens (including phenoxy) is 1. The van der Waals surface area contributed by atoms with Crippen LogP contribution in [-0.2, 0) is 9.31 Å². The van der Waals surface area contributed by atoms with E-state index in [9.17, 15) is 0 Å². The van der Waals surface area contributed by atoms with E-state index in [0.29, 0.717) is 5.82 Å². The van der Waals surface area contributed by atoms with Crippen molar-refractivity contribution in [2.45, 2.75) is 38.9 Å². The number of rotatable bonds is 3. The summed E-state index contributed by atoms with van der Waals surface area (Å²) in [7, 11) is 1.21. The fourth-order valence-electron chi connectivity index (χ4n) is 2.46. The second-order valence-corrected chi connectivity index (χ2v) is 6.62. The summed E-state index contributed by atoms with van der Waals surface area (Å²) >= 11 is 0. The number of aromatic nitrogens is 2. The molecule has 0 atom stereocenters. The van der Waals surface area contributed by atoms with Crippen LogP contribution >= 0.6 is 0 Å². The topological polar surface area (TPSA) is 53.5 Å². The van der Waals surface area contributed by atoms with Crippen molar-refractivity contribution < 1.29 is 14.0 Å². The Bertz CT molecular complexity index is 688. The molecule has 1 saturated heterocycles. The quantitative estimate of drug-likeness (QED) is 0.815. The molecule has 2 aromatic rings. The zero-order valence-corrected chi connectivity index (χ0v) is 14.2. The third-order valence-corrected chi connectivity index (χ3v) is 4.56. The molecule has 0 aliphatic carbocycles. The average molecular weight is 312 g/mol. The van der Waals surface area contributed by atoms with Crippen LogP contribution in [0.3, 0.4) is 0 Å². The van der Waals surface area contributed by atoms with Crippen LogP contribution in [0.15, 0.2) is 36.7 Å². The Morgan fingerprint density at radius 3 is 2.17 bits per heavy atom. The minimum absolute atomic E-state index is 0.374. The van der Waals surface area contributed by atoms with E-state index in [0.717, 1.165) is 16.8 Å². The highest BCUT2D eigenvalue weighted by Gasteiger charge is 2.51. The van der Waals surface area contributed by atoms with Crippen LogP contribution < -0.4 is 10.2 Å². The Hall–Kier alpha value is -1.92. The van der Waals surface area contributed by atoms with Gasteiger partial charge in [0.2, 0.25) is 0 Å². The second kappa shape index (κ2) is 5.62. The van der Waals surface area contributed by atoms with E-state index in [4.69, 9.17) is 14.0 Å². The molecular formula is C17H21BN2O3. The van der Waals surface area contributed by atoms with Crippen molar-refractivity contribution in [3.8, 4) is 17.1 Å². The van der Waals surface area contributed by atoms with Gasteiger partial charge in [-0.25, -0.2) is 9.97 Å². The van der Waals surface area contributed by atoms with Crippen LogP contribution in [0.4, 0.5) is 0 Å². The van der Waals surface area contributed by atoms with Crippen molar-refractivity contribution >= 4 is 12.6 Å². The molecule has 0 radical (unpaired) electrons. The van der Waals surface area contributed by atoms with Crippen LogP contribution in [0, 0.1) is 0 Å². The first-order chi connectivity index (χ1) is 10.8. The van der Waals surface area contributed by atoms with Crippen molar-refractivity contribution in [1.29, 1.82) is 0 Å². The molecule has 1 aliphatic heterocycles. The second-order valence-electron chi connectivity index (χ2n) is 6.62. The molecule has 0 N–H and O–H groups in total. The monoisotopic (exact) mass is 312 g/mol. The maximum Gasteiger partial charge on any atom is 0.494 e. The Morgan fingerprint density at radius 2 is 1.61 bits per heavy atom. The van der Waals surface area contributed by atoms with Crippen LogP contribution in [-0.4, -0.2) is 35.4 Å². The smallest absolute Gasteiger partial charge is 0.494 e. The normalized spacial score (nSPS) is 18.9. The van der Waals surface area contributed by atoms with Crippen molar-refractivity contribution in [3.05, 3.63) is 36.7 Å². The van der Waals surface area contributed by atoms with Gasteiger partial charge in [0.05, 0.1) is 23.9 Å². The summed E-state index contributed by atoms with van der Waals surface area (Å²) in [6.07, 6.45) is 3.42. The van der Waals surface area contributed by atoms with Crippen LogP contribution in [0.1, 0.15) is 27.7 Å². The van der Waals surface area contributed by atoms with E-state index in [1.165, 1.54) is 0 Å². The van der Waals surface area contributed by atoms with Gasteiger partial charge in [0.1, 0.15) is 5.75 Å². The lowest BCUT2D eigenvalue weighted by Crippen LogP contribution is -2.41. The Kier molecular flexibility index (Phi) is 3.90. The summed E-state index contributed by atoms with van der Waals surface area (Å²) in [6, 6.07) is 7.60. The highest BCUT2D eigenvalue weighted by atomic mass is 16.7. The van der Waals surface area contributed by atoms with E-state index in [1.54, 1.807) is 25.6 Å². The maximum atomic E-state index is 6.11. The summed E-state index contributed by atoms with van der Waals surface area (Å²) in [5.74, 6) is 1.33. The molecule has 0 bridgehead atoms. The number of hydrogen-bond donors (Lipinski definition) is 0. The summed E-state index contributed by atoms with van der Waals surface area (Å²) in [5, 5.41) is 0. The number of hydrogen-bond acceptors (Lipinski definition) is 5. The molecule has 120 valence electrons. The van der Waals surface area contributed by atoms with Gasteiger partial charge in [-0.1, -0.05) is 6.07 Å². The molecule has 0 unspecified atom stereocenters. The standard InChI is InChI=1S/C17H21BN2O3/c1-16(2)17(3,4)23-18(22-16)12-7-8-14(21-5)13(11-12)15-19-9-6-10-20-15/h6-11H,1-5H3. The molecule has 23 heavy (non-hydrogen) atoms. The summed E-state index contributed by atoms with van der Waals surface area (Å²) in [4.78, 5) is 8.62. The van der Waals surface area contributed by atoms with Gasteiger partial charge < -0.3 is 14.0 Å². The molecule has 1 fully saturated rings. The average Bonchev–Trinajstić information content (AvgIpc) is 2.75. The van der Waals surface area contributed by atoms with E-state index < -0.39 is 7.12 Å². The zero-order chi connectivity index (χ0) is 16.7. The predicted molar refractivity (Wildman–Crippen MR) is 89.7 cm³/mol. The highest BCUT2D eigenvalue weighted by Crippen LogP contribution is 2.37. The van der Waals surface area contributed by atoms with Gasteiger partial charge >= 0.3 is 7.12 Å².